The third-order valence-electron chi connectivity index (χ3n) is 4.93. The molecule has 172 valence electrons. The second kappa shape index (κ2) is 11.4. The molecule has 33 heavy (non-hydrogen) atoms. The molecule has 3 aromatic rings. The van der Waals surface area contributed by atoms with E-state index >= 15 is 0 Å². The first-order valence-electron chi connectivity index (χ1n) is 9.94. The van der Waals surface area contributed by atoms with Crippen LogP contribution >= 0.6 is 11.8 Å². The number of hydrogen-bond donors (Lipinski definition) is 4. The number of phenolic OH excluding ortho intramolecular Hbond substituents is 1. The van der Waals surface area contributed by atoms with Gasteiger partial charge in [-0.05, 0) is 48.0 Å². The summed E-state index contributed by atoms with van der Waals surface area (Å²) in [5.41, 5.74) is 2.63. The Morgan fingerprint density at radius 2 is 1.73 bits per heavy atom. The Labute approximate surface area is 195 Å². The molecule has 3 rings (SSSR count). The van der Waals surface area contributed by atoms with Gasteiger partial charge < -0.3 is 14.6 Å². The zero-order chi connectivity index (χ0) is 23.8. The Bertz CT molecular complexity index is 1150. The smallest absolute Gasteiger partial charge is 0.412 e. The van der Waals surface area contributed by atoms with Crippen LogP contribution in [0.1, 0.15) is 11.7 Å². The van der Waals surface area contributed by atoms with Gasteiger partial charge in [-0.15, -0.1) is 11.8 Å². The molecule has 4 N–H and O–H groups in total. The van der Waals surface area contributed by atoms with E-state index in [1.165, 1.54) is 24.7 Å². The number of rotatable bonds is 8. The minimum atomic E-state index is -0.978. The van der Waals surface area contributed by atoms with Gasteiger partial charge in [0.1, 0.15) is 11.9 Å². The molecule has 0 fully saturated rings. The van der Waals surface area contributed by atoms with E-state index in [4.69, 9.17) is 14.7 Å². The summed E-state index contributed by atoms with van der Waals surface area (Å²) in [7, 11) is 1.41. The number of methoxy groups -OCH3 is 1. The summed E-state index contributed by atoms with van der Waals surface area (Å²) in [6.45, 7) is 0. The van der Waals surface area contributed by atoms with Crippen LogP contribution in [0.25, 0.3) is 10.8 Å². The van der Waals surface area contributed by atoms with Crippen molar-refractivity contribution in [1.82, 2.24) is 5.48 Å². The summed E-state index contributed by atoms with van der Waals surface area (Å²) in [6.07, 6.45) is 1.83. The van der Waals surface area contributed by atoms with Crippen molar-refractivity contribution in [3.63, 3.8) is 0 Å². The molecule has 9 heteroatoms. The average Bonchev–Trinajstić information content (AvgIpc) is 2.84. The Balaban J connectivity index is 1.96. The fourth-order valence-corrected chi connectivity index (χ4v) is 3.73. The highest BCUT2D eigenvalue weighted by atomic mass is 32.2. The van der Waals surface area contributed by atoms with Crippen LogP contribution in [0.5, 0.6) is 5.75 Å². The van der Waals surface area contributed by atoms with Crippen molar-refractivity contribution in [2.45, 2.75) is 17.1 Å². The Morgan fingerprint density at radius 3 is 2.36 bits per heavy atom. The summed E-state index contributed by atoms with van der Waals surface area (Å²) in [6, 6.07) is 17.5. The van der Waals surface area contributed by atoms with E-state index in [0.29, 0.717) is 22.0 Å². The summed E-state index contributed by atoms with van der Waals surface area (Å²) in [4.78, 5) is 25.3. The number of hydrogen-bond acceptors (Lipinski definition) is 7. The summed E-state index contributed by atoms with van der Waals surface area (Å²) in [5.74, 6) is -0.680. The third kappa shape index (κ3) is 6.04. The van der Waals surface area contributed by atoms with Crippen molar-refractivity contribution in [3.05, 3.63) is 78.4 Å². The molecule has 0 aromatic heterocycles. The molecule has 0 saturated carbocycles. The fraction of sp³-hybridized carbons (Fsp3) is 0.167. The zero-order valence-corrected chi connectivity index (χ0v) is 18.8. The highest BCUT2D eigenvalue weighted by Gasteiger charge is 2.28. The zero-order valence-electron chi connectivity index (χ0n) is 18.0. The number of anilines is 1. The van der Waals surface area contributed by atoms with Gasteiger partial charge in [0.05, 0.1) is 0 Å². The molecule has 0 radical (unpaired) electrons. The van der Waals surface area contributed by atoms with Crippen LogP contribution in [0.15, 0.2) is 77.7 Å². The van der Waals surface area contributed by atoms with Crippen molar-refractivity contribution in [2.75, 3.05) is 18.7 Å². The maximum Gasteiger partial charge on any atom is 0.412 e. The number of benzene rings is 3. The Kier molecular flexibility index (Phi) is 8.31. The van der Waals surface area contributed by atoms with Gasteiger partial charge in [0, 0.05) is 34.7 Å². The van der Waals surface area contributed by atoms with Crippen molar-refractivity contribution < 1.29 is 29.4 Å². The molecule has 0 saturated heterocycles. The fourth-order valence-electron chi connectivity index (χ4n) is 3.32. The van der Waals surface area contributed by atoms with Crippen LogP contribution in [0.2, 0.25) is 0 Å². The number of fused-ring (bicyclic) bond motifs is 1. The molecule has 2 amide bonds. The van der Waals surface area contributed by atoms with Gasteiger partial charge in [0.2, 0.25) is 0 Å². The lowest BCUT2D eigenvalue weighted by Gasteiger charge is -2.25. The number of phenols is 1. The van der Waals surface area contributed by atoms with Gasteiger partial charge >= 0.3 is 6.09 Å². The second-order valence-electron chi connectivity index (χ2n) is 6.93. The number of carbonyl (C=O) groups is 2. The van der Waals surface area contributed by atoms with E-state index in [1.54, 1.807) is 54.2 Å². The molecule has 0 spiro atoms. The quantitative estimate of drug-likeness (QED) is 0.165. The third-order valence-corrected chi connectivity index (χ3v) is 5.67. The van der Waals surface area contributed by atoms with Crippen LogP contribution in [0.3, 0.4) is 0 Å². The van der Waals surface area contributed by atoms with E-state index < -0.39 is 24.2 Å². The van der Waals surface area contributed by atoms with Crippen molar-refractivity contribution in [3.8, 4) is 5.75 Å². The molecular weight excluding hydrogens is 444 g/mol. The maximum atomic E-state index is 12.8. The van der Waals surface area contributed by atoms with Gasteiger partial charge in [-0.25, -0.2) is 10.3 Å². The van der Waals surface area contributed by atoms with Gasteiger partial charge in [-0.2, -0.15) is 0 Å². The Morgan fingerprint density at radius 1 is 1.03 bits per heavy atom. The monoisotopic (exact) mass is 468 g/mol. The minimum absolute atomic E-state index is 0.0793. The largest absolute Gasteiger partial charge is 0.507 e. The van der Waals surface area contributed by atoms with Gasteiger partial charge in [-0.3, -0.25) is 15.3 Å². The maximum absolute atomic E-state index is 12.8. The molecule has 0 aliphatic rings. The first kappa shape index (κ1) is 24.1. The molecule has 2 atom stereocenters. The van der Waals surface area contributed by atoms with E-state index in [1.807, 2.05) is 18.4 Å². The molecular formula is C24H24N2O6S. The SMILES string of the molecule is CO[C@@H](/C=C/C(=O)NO)[C@@H](OC(=O)Nc1ccc(SC)cc1)c1ccc(O)c2ccccc12. The lowest BCUT2D eigenvalue weighted by molar-refractivity contribution is -0.124. The minimum Gasteiger partial charge on any atom is -0.507 e. The summed E-state index contributed by atoms with van der Waals surface area (Å²) < 4.78 is 11.3. The molecule has 0 aliphatic heterocycles. The van der Waals surface area contributed by atoms with Crippen LogP contribution in [0.4, 0.5) is 10.5 Å². The first-order valence-corrected chi connectivity index (χ1v) is 11.2. The van der Waals surface area contributed by atoms with Crippen LogP contribution < -0.4 is 10.8 Å². The number of carbonyl (C=O) groups excluding carboxylic acids is 2. The number of nitrogens with one attached hydrogen (secondary N) is 2. The van der Waals surface area contributed by atoms with E-state index in [9.17, 15) is 14.7 Å². The van der Waals surface area contributed by atoms with E-state index in [0.717, 1.165) is 11.0 Å². The number of hydroxylamine groups is 1. The van der Waals surface area contributed by atoms with Gasteiger partial charge in [0.25, 0.3) is 5.91 Å². The molecule has 0 aliphatic carbocycles. The highest BCUT2D eigenvalue weighted by molar-refractivity contribution is 7.98. The summed E-state index contributed by atoms with van der Waals surface area (Å²) in [5, 5.41) is 22.9. The van der Waals surface area contributed by atoms with E-state index in [2.05, 4.69) is 5.32 Å². The lowest BCUT2D eigenvalue weighted by atomic mass is 9.96. The van der Waals surface area contributed by atoms with Crippen molar-refractivity contribution in [2.24, 2.45) is 0 Å². The van der Waals surface area contributed by atoms with Gasteiger partial charge in [-0.1, -0.05) is 30.3 Å². The molecule has 3 aromatic carbocycles. The number of aromatic hydroxyl groups is 1. The molecule has 8 nitrogen and oxygen atoms in total. The Hall–Kier alpha value is -3.53. The van der Waals surface area contributed by atoms with Crippen LogP contribution in [0, 0.1) is 0 Å². The van der Waals surface area contributed by atoms with Crippen molar-refractivity contribution in [1.29, 1.82) is 0 Å². The van der Waals surface area contributed by atoms with Crippen LogP contribution in [-0.2, 0) is 14.3 Å². The predicted octanol–water partition coefficient (Wildman–Crippen LogP) is 4.63. The number of ether oxygens (including phenoxy) is 2. The molecule has 0 unspecified atom stereocenters. The lowest BCUT2D eigenvalue weighted by Crippen LogP contribution is -2.27. The molecule has 0 bridgehead atoms. The summed E-state index contributed by atoms with van der Waals surface area (Å²) >= 11 is 1.58. The standard InChI is InChI=1S/C24H24N2O6S/c1-31-21(13-14-22(28)26-30)23(19-11-12-20(27)18-6-4-3-5-17(18)19)32-24(29)25-15-7-9-16(33-2)10-8-15/h3-14,21,23,27,30H,1-2H3,(H,25,29)(H,26,28)/b14-13+/t21-,23-/m0/s1. The highest BCUT2D eigenvalue weighted by Crippen LogP contribution is 2.35. The predicted molar refractivity (Wildman–Crippen MR) is 127 cm³/mol. The number of amides is 2. The van der Waals surface area contributed by atoms with Crippen molar-refractivity contribution >= 4 is 40.2 Å². The normalized spacial score (nSPS) is 12.9. The average molecular weight is 469 g/mol. The number of thioether (sulfide) groups is 1. The van der Waals surface area contributed by atoms with Gasteiger partial charge in [0.15, 0.2) is 6.10 Å². The topological polar surface area (TPSA) is 117 Å². The van der Waals surface area contributed by atoms with E-state index in [-0.39, 0.29) is 5.75 Å². The first-order chi connectivity index (χ1) is 16.0. The second-order valence-corrected chi connectivity index (χ2v) is 7.81. The van der Waals surface area contributed by atoms with Crippen LogP contribution in [-0.4, -0.2) is 41.8 Å². The molecule has 0 heterocycles.